The standard InChI is InChI=1S/C20H18ClNO2/c21-11-1-5-13(6-2-11)24-14-7-3-12(4-8-14)22-20(23)19-17-9-15(17)16-10-18(16)19/h1-8,15-19H,9-10H2,(H,22,23). The van der Waals surface area contributed by atoms with E-state index in [1.807, 2.05) is 36.4 Å². The number of amides is 1. The molecule has 3 aliphatic rings. The number of hydrogen-bond donors (Lipinski definition) is 1. The maximum Gasteiger partial charge on any atom is 0.228 e. The third kappa shape index (κ3) is 2.48. The Hall–Kier alpha value is -2.00. The Morgan fingerprint density at radius 3 is 2.00 bits per heavy atom. The van der Waals surface area contributed by atoms with Gasteiger partial charge in [0.15, 0.2) is 0 Å². The van der Waals surface area contributed by atoms with Crippen LogP contribution in [0, 0.1) is 29.6 Å². The van der Waals surface area contributed by atoms with Crippen LogP contribution in [0.1, 0.15) is 12.8 Å². The topological polar surface area (TPSA) is 38.3 Å². The molecule has 2 aromatic rings. The van der Waals surface area contributed by atoms with Gasteiger partial charge in [-0.05, 0) is 85.0 Å². The number of ether oxygens (including phenoxy) is 1. The Bertz CT molecular complexity index is 770. The number of nitrogens with one attached hydrogen (secondary N) is 1. The normalized spacial score (nSPS) is 31.8. The highest BCUT2D eigenvalue weighted by Crippen LogP contribution is 2.72. The Kier molecular flexibility index (Phi) is 3.14. The summed E-state index contributed by atoms with van der Waals surface area (Å²) in [5.41, 5.74) is 0.838. The zero-order valence-corrected chi connectivity index (χ0v) is 13.9. The minimum absolute atomic E-state index is 0.207. The minimum atomic E-state index is 0.207. The number of anilines is 1. The lowest BCUT2D eigenvalue weighted by Crippen LogP contribution is -2.25. The summed E-state index contributed by atoms with van der Waals surface area (Å²) in [5.74, 6) is 5.00. The molecule has 4 heteroatoms. The average Bonchev–Trinajstić information content (AvgIpc) is 3.49. The van der Waals surface area contributed by atoms with Crippen molar-refractivity contribution in [3.8, 4) is 11.5 Å². The fraction of sp³-hybridized carbons (Fsp3) is 0.350. The van der Waals surface area contributed by atoms with E-state index in [9.17, 15) is 4.79 Å². The van der Waals surface area contributed by atoms with Crippen LogP contribution in [0.25, 0.3) is 0 Å². The van der Waals surface area contributed by atoms with Gasteiger partial charge in [0.1, 0.15) is 11.5 Å². The van der Waals surface area contributed by atoms with Crippen LogP contribution in [-0.4, -0.2) is 5.91 Å². The van der Waals surface area contributed by atoms with Crippen molar-refractivity contribution < 1.29 is 9.53 Å². The van der Waals surface area contributed by atoms with Gasteiger partial charge in [0.05, 0.1) is 0 Å². The molecule has 24 heavy (non-hydrogen) atoms. The first kappa shape index (κ1) is 14.4. The van der Waals surface area contributed by atoms with Gasteiger partial charge in [0.2, 0.25) is 5.91 Å². The van der Waals surface area contributed by atoms with Crippen molar-refractivity contribution >= 4 is 23.2 Å². The van der Waals surface area contributed by atoms with E-state index >= 15 is 0 Å². The number of rotatable bonds is 4. The number of carbonyl (C=O) groups excluding carboxylic acids is 1. The van der Waals surface area contributed by atoms with Crippen LogP contribution < -0.4 is 10.1 Å². The second kappa shape index (κ2) is 5.25. The fourth-order valence-electron chi connectivity index (χ4n) is 4.46. The van der Waals surface area contributed by atoms with Gasteiger partial charge in [-0.3, -0.25) is 4.79 Å². The van der Waals surface area contributed by atoms with Gasteiger partial charge in [0, 0.05) is 16.6 Å². The summed E-state index contributed by atoms with van der Waals surface area (Å²) in [6.45, 7) is 0. The molecule has 1 amide bonds. The van der Waals surface area contributed by atoms with Gasteiger partial charge in [-0.25, -0.2) is 0 Å². The number of halogens is 1. The molecule has 0 bridgehead atoms. The molecule has 3 nitrogen and oxygen atoms in total. The molecule has 5 rings (SSSR count). The van der Waals surface area contributed by atoms with Crippen LogP contribution in [0.2, 0.25) is 5.02 Å². The van der Waals surface area contributed by atoms with E-state index in [1.54, 1.807) is 12.1 Å². The monoisotopic (exact) mass is 339 g/mol. The maximum atomic E-state index is 12.5. The van der Waals surface area contributed by atoms with Gasteiger partial charge in [-0.2, -0.15) is 0 Å². The summed E-state index contributed by atoms with van der Waals surface area (Å²) in [6.07, 6.45) is 2.54. The molecule has 4 unspecified atom stereocenters. The molecule has 3 fully saturated rings. The molecule has 0 spiro atoms. The number of benzene rings is 2. The van der Waals surface area contributed by atoms with E-state index in [4.69, 9.17) is 16.3 Å². The average molecular weight is 340 g/mol. The highest BCUT2D eigenvalue weighted by molar-refractivity contribution is 6.30. The Balaban J connectivity index is 1.23. The lowest BCUT2D eigenvalue weighted by atomic mass is 9.99. The molecule has 4 atom stereocenters. The van der Waals surface area contributed by atoms with Gasteiger partial charge in [-0.1, -0.05) is 11.6 Å². The van der Waals surface area contributed by atoms with E-state index in [-0.39, 0.29) is 11.8 Å². The highest BCUT2D eigenvalue weighted by Gasteiger charge is 2.68. The van der Waals surface area contributed by atoms with Crippen molar-refractivity contribution in [1.82, 2.24) is 0 Å². The van der Waals surface area contributed by atoms with Crippen molar-refractivity contribution in [1.29, 1.82) is 0 Å². The van der Waals surface area contributed by atoms with Crippen LogP contribution in [0.5, 0.6) is 11.5 Å². The van der Waals surface area contributed by atoms with Gasteiger partial charge >= 0.3 is 0 Å². The summed E-state index contributed by atoms with van der Waals surface area (Å²) in [7, 11) is 0. The Morgan fingerprint density at radius 2 is 1.42 bits per heavy atom. The molecular weight excluding hydrogens is 322 g/mol. The van der Waals surface area contributed by atoms with Crippen LogP contribution in [0.3, 0.4) is 0 Å². The molecule has 0 saturated heterocycles. The van der Waals surface area contributed by atoms with Gasteiger partial charge in [-0.15, -0.1) is 0 Å². The second-order valence-corrected chi connectivity index (χ2v) is 7.66. The number of fused-ring (bicyclic) bond motifs is 3. The fourth-order valence-corrected chi connectivity index (χ4v) is 4.58. The molecule has 122 valence electrons. The molecule has 3 saturated carbocycles. The quantitative estimate of drug-likeness (QED) is 0.853. The lowest BCUT2D eigenvalue weighted by Gasteiger charge is -2.14. The first-order valence-electron chi connectivity index (χ1n) is 8.53. The van der Waals surface area contributed by atoms with Gasteiger partial charge < -0.3 is 10.1 Å². The number of hydrogen-bond acceptors (Lipinski definition) is 2. The minimum Gasteiger partial charge on any atom is -0.457 e. The van der Waals surface area contributed by atoms with Crippen LogP contribution in [0.4, 0.5) is 5.69 Å². The maximum absolute atomic E-state index is 12.5. The van der Waals surface area contributed by atoms with E-state index in [0.29, 0.717) is 16.9 Å². The molecular formula is C20H18ClNO2. The molecule has 0 radical (unpaired) electrons. The summed E-state index contributed by atoms with van der Waals surface area (Å²) in [6, 6.07) is 14.8. The van der Waals surface area contributed by atoms with Crippen molar-refractivity contribution in [3.63, 3.8) is 0 Å². The molecule has 2 aromatic carbocycles. The summed E-state index contributed by atoms with van der Waals surface area (Å²) >= 11 is 5.87. The molecule has 1 N–H and O–H groups in total. The molecule has 0 aromatic heterocycles. The summed E-state index contributed by atoms with van der Waals surface area (Å²) in [4.78, 5) is 12.5. The lowest BCUT2D eigenvalue weighted by molar-refractivity contribution is -0.120. The van der Waals surface area contributed by atoms with E-state index in [1.165, 1.54) is 12.8 Å². The molecule has 0 aliphatic heterocycles. The Labute approximate surface area is 146 Å². The van der Waals surface area contributed by atoms with E-state index < -0.39 is 0 Å². The van der Waals surface area contributed by atoms with Crippen molar-refractivity contribution in [2.45, 2.75) is 12.8 Å². The smallest absolute Gasteiger partial charge is 0.228 e. The Morgan fingerprint density at radius 1 is 0.875 bits per heavy atom. The summed E-state index contributed by atoms with van der Waals surface area (Å²) < 4.78 is 5.77. The molecule has 3 aliphatic carbocycles. The number of carbonyl (C=O) groups is 1. The first-order valence-corrected chi connectivity index (χ1v) is 8.91. The predicted molar refractivity (Wildman–Crippen MR) is 93.3 cm³/mol. The highest BCUT2D eigenvalue weighted by atomic mass is 35.5. The SMILES string of the molecule is O=C(Nc1ccc(Oc2ccc(Cl)cc2)cc1)C1C2CC2C2CC21. The summed E-state index contributed by atoms with van der Waals surface area (Å²) in [5, 5.41) is 3.77. The largest absolute Gasteiger partial charge is 0.457 e. The second-order valence-electron chi connectivity index (χ2n) is 7.22. The van der Waals surface area contributed by atoms with Crippen LogP contribution in [-0.2, 0) is 4.79 Å². The van der Waals surface area contributed by atoms with E-state index in [2.05, 4.69) is 5.32 Å². The van der Waals surface area contributed by atoms with Crippen molar-refractivity contribution in [2.75, 3.05) is 5.32 Å². The van der Waals surface area contributed by atoms with Crippen LogP contribution >= 0.6 is 11.6 Å². The third-order valence-electron chi connectivity index (χ3n) is 5.73. The predicted octanol–water partition coefficient (Wildman–Crippen LogP) is 4.97. The van der Waals surface area contributed by atoms with Crippen LogP contribution in [0.15, 0.2) is 48.5 Å². The third-order valence-corrected chi connectivity index (χ3v) is 5.98. The van der Waals surface area contributed by atoms with Gasteiger partial charge in [0.25, 0.3) is 0 Å². The van der Waals surface area contributed by atoms with E-state index in [0.717, 1.165) is 29.0 Å². The zero-order chi connectivity index (χ0) is 16.3. The van der Waals surface area contributed by atoms with Crippen molar-refractivity contribution in [3.05, 3.63) is 53.6 Å². The molecule has 0 heterocycles. The van der Waals surface area contributed by atoms with Crippen molar-refractivity contribution in [2.24, 2.45) is 29.6 Å². The zero-order valence-electron chi connectivity index (χ0n) is 13.1. The first-order chi connectivity index (χ1) is 11.7.